The van der Waals surface area contributed by atoms with Crippen molar-refractivity contribution in [1.82, 2.24) is 15.1 Å². The van der Waals surface area contributed by atoms with E-state index in [4.69, 9.17) is 0 Å². The first kappa shape index (κ1) is 21.0. The van der Waals surface area contributed by atoms with E-state index in [9.17, 15) is 13.2 Å². The Kier molecular flexibility index (Phi) is 5.95. The van der Waals surface area contributed by atoms with Crippen molar-refractivity contribution in [1.29, 1.82) is 0 Å². The molecule has 1 heterocycles. The molecule has 1 saturated heterocycles. The van der Waals surface area contributed by atoms with Gasteiger partial charge in [-0.3, -0.25) is 4.79 Å². The van der Waals surface area contributed by atoms with Crippen LogP contribution in [0, 0.1) is 0 Å². The zero-order chi connectivity index (χ0) is 21.3. The third-order valence-corrected chi connectivity index (χ3v) is 7.25. The molecule has 2 atom stereocenters. The molecule has 1 unspecified atom stereocenters. The molecule has 0 spiro atoms. The molecule has 7 heteroatoms. The van der Waals surface area contributed by atoms with Crippen LogP contribution in [0.5, 0.6) is 0 Å². The number of amides is 1. The summed E-state index contributed by atoms with van der Waals surface area (Å²) >= 11 is 0. The lowest BCUT2D eigenvalue weighted by Crippen LogP contribution is -2.49. The Balaban J connectivity index is 1.29. The van der Waals surface area contributed by atoms with E-state index in [1.807, 2.05) is 17.0 Å². The van der Waals surface area contributed by atoms with E-state index < -0.39 is 9.84 Å². The van der Waals surface area contributed by atoms with Crippen LogP contribution < -0.4 is 5.32 Å². The van der Waals surface area contributed by atoms with E-state index in [2.05, 4.69) is 41.5 Å². The van der Waals surface area contributed by atoms with Crippen LogP contribution in [0.1, 0.15) is 17.9 Å². The van der Waals surface area contributed by atoms with Crippen LogP contribution in [0.25, 0.3) is 11.1 Å². The molecule has 1 amide bonds. The fourth-order valence-corrected chi connectivity index (χ4v) is 4.62. The monoisotopic (exact) mass is 427 g/mol. The maximum atomic E-state index is 12.4. The SMILES string of the molecule is CN1CCN(C(=O)CN[C@H]2CC2c2ccc(-c3ccc(S(C)(=O)=O)cc3)cc2)CC1. The fraction of sp³-hybridized carbons (Fsp3) is 0.435. The number of rotatable bonds is 6. The van der Waals surface area contributed by atoms with Crippen molar-refractivity contribution in [2.24, 2.45) is 0 Å². The molecule has 1 aliphatic heterocycles. The van der Waals surface area contributed by atoms with Gasteiger partial charge in [0.2, 0.25) is 5.91 Å². The molecule has 160 valence electrons. The third kappa shape index (κ3) is 4.91. The zero-order valence-electron chi connectivity index (χ0n) is 17.5. The van der Waals surface area contributed by atoms with E-state index in [0.29, 0.717) is 23.4 Å². The van der Waals surface area contributed by atoms with Crippen LogP contribution in [-0.2, 0) is 14.6 Å². The molecule has 0 radical (unpaired) electrons. The Morgan fingerprint density at radius 2 is 1.53 bits per heavy atom. The number of nitrogens with zero attached hydrogens (tertiary/aromatic N) is 2. The number of benzene rings is 2. The summed E-state index contributed by atoms with van der Waals surface area (Å²) in [4.78, 5) is 16.9. The number of nitrogens with one attached hydrogen (secondary N) is 1. The lowest BCUT2D eigenvalue weighted by Gasteiger charge is -2.32. The van der Waals surface area contributed by atoms with E-state index in [0.717, 1.165) is 43.7 Å². The number of sulfone groups is 1. The summed E-state index contributed by atoms with van der Waals surface area (Å²) < 4.78 is 23.2. The zero-order valence-corrected chi connectivity index (χ0v) is 18.4. The molecule has 2 fully saturated rings. The number of likely N-dealkylation sites (N-methyl/N-ethyl adjacent to an activating group) is 1. The molecular weight excluding hydrogens is 398 g/mol. The highest BCUT2D eigenvalue weighted by atomic mass is 32.2. The molecule has 2 aromatic rings. The van der Waals surface area contributed by atoms with Crippen LogP contribution in [0.3, 0.4) is 0 Å². The molecule has 0 bridgehead atoms. The maximum Gasteiger partial charge on any atom is 0.236 e. The van der Waals surface area contributed by atoms with Crippen molar-refractivity contribution in [3.8, 4) is 11.1 Å². The Bertz CT molecular complexity index is 995. The molecule has 2 aromatic carbocycles. The molecule has 1 saturated carbocycles. The van der Waals surface area contributed by atoms with Gasteiger partial charge in [0.05, 0.1) is 11.4 Å². The topological polar surface area (TPSA) is 69.7 Å². The van der Waals surface area contributed by atoms with E-state index in [-0.39, 0.29) is 5.91 Å². The fourth-order valence-electron chi connectivity index (χ4n) is 3.99. The van der Waals surface area contributed by atoms with Gasteiger partial charge in [0.25, 0.3) is 0 Å². The van der Waals surface area contributed by atoms with Crippen molar-refractivity contribution in [3.63, 3.8) is 0 Å². The van der Waals surface area contributed by atoms with Gasteiger partial charge in [-0.25, -0.2) is 8.42 Å². The quantitative estimate of drug-likeness (QED) is 0.763. The van der Waals surface area contributed by atoms with Gasteiger partial charge in [-0.2, -0.15) is 0 Å². The minimum absolute atomic E-state index is 0.196. The highest BCUT2D eigenvalue weighted by molar-refractivity contribution is 7.90. The summed E-state index contributed by atoms with van der Waals surface area (Å²) in [6.07, 6.45) is 2.27. The summed E-state index contributed by atoms with van der Waals surface area (Å²) in [5.41, 5.74) is 3.34. The highest BCUT2D eigenvalue weighted by Gasteiger charge is 2.38. The first-order valence-corrected chi connectivity index (χ1v) is 12.3. The molecule has 1 N–H and O–H groups in total. The lowest BCUT2D eigenvalue weighted by molar-refractivity contribution is -0.131. The predicted molar refractivity (Wildman–Crippen MR) is 118 cm³/mol. The molecule has 0 aromatic heterocycles. The third-order valence-electron chi connectivity index (χ3n) is 6.12. The Hall–Kier alpha value is -2.22. The van der Waals surface area contributed by atoms with Gasteiger partial charge in [-0.15, -0.1) is 0 Å². The van der Waals surface area contributed by atoms with Crippen LogP contribution in [0.2, 0.25) is 0 Å². The average Bonchev–Trinajstić information content (AvgIpc) is 3.52. The van der Waals surface area contributed by atoms with Crippen LogP contribution >= 0.6 is 0 Å². The van der Waals surface area contributed by atoms with Crippen molar-refractivity contribution < 1.29 is 13.2 Å². The molecule has 4 rings (SSSR count). The van der Waals surface area contributed by atoms with Crippen molar-refractivity contribution >= 4 is 15.7 Å². The Morgan fingerprint density at radius 1 is 0.967 bits per heavy atom. The van der Waals surface area contributed by atoms with Gasteiger partial charge in [0, 0.05) is 44.4 Å². The summed E-state index contributed by atoms with van der Waals surface area (Å²) in [6.45, 7) is 3.94. The highest BCUT2D eigenvalue weighted by Crippen LogP contribution is 2.41. The van der Waals surface area contributed by atoms with Gasteiger partial charge in [-0.05, 0) is 42.3 Å². The molecule has 1 aliphatic carbocycles. The van der Waals surface area contributed by atoms with E-state index in [1.54, 1.807) is 12.1 Å². The summed E-state index contributed by atoms with van der Waals surface area (Å²) in [6, 6.07) is 15.8. The minimum atomic E-state index is -3.18. The number of piperazine rings is 1. The number of carbonyl (C=O) groups excluding carboxylic acids is 1. The predicted octanol–water partition coefficient (Wildman–Crippen LogP) is 1.98. The number of hydrogen-bond acceptors (Lipinski definition) is 5. The van der Waals surface area contributed by atoms with E-state index in [1.165, 1.54) is 11.8 Å². The van der Waals surface area contributed by atoms with Gasteiger partial charge < -0.3 is 15.1 Å². The molecule has 2 aliphatic rings. The first-order valence-electron chi connectivity index (χ1n) is 10.4. The average molecular weight is 428 g/mol. The second-order valence-electron chi connectivity index (χ2n) is 8.43. The van der Waals surface area contributed by atoms with Gasteiger partial charge >= 0.3 is 0 Å². The van der Waals surface area contributed by atoms with Crippen LogP contribution in [0.15, 0.2) is 53.4 Å². The normalized spacial score (nSPS) is 22.1. The van der Waals surface area contributed by atoms with Crippen LogP contribution in [0.4, 0.5) is 0 Å². The molecule has 6 nitrogen and oxygen atoms in total. The summed E-state index contributed by atoms with van der Waals surface area (Å²) in [5, 5.41) is 3.42. The Morgan fingerprint density at radius 3 is 2.10 bits per heavy atom. The second-order valence-corrected chi connectivity index (χ2v) is 10.4. The minimum Gasteiger partial charge on any atom is -0.339 e. The maximum absolute atomic E-state index is 12.4. The Labute approximate surface area is 178 Å². The second kappa shape index (κ2) is 8.49. The number of carbonyl (C=O) groups is 1. The lowest BCUT2D eigenvalue weighted by atomic mass is 10.0. The van der Waals surface area contributed by atoms with Crippen molar-refractivity contribution in [2.45, 2.75) is 23.3 Å². The first-order chi connectivity index (χ1) is 14.3. The number of hydrogen-bond donors (Lipinski definition) is 1. The van der Waals surface area contributed by atoms with Crippen LogP contribution in [-0.4, -0.2) is 76.2 Å². The summed E-state index contributed by atoms with van der Waals surface area (Å²) in [5.74, 6) is 0.647. The standard InChI is InChI=1S/C23H29N3O3S/c1-25-11-13-26(14-12-25)23(27)16-24-22-15-21(22)19-5-3-17(4-6-19)18-7-9-20(10-8-18)30(2,28)29/h3-10,21-22,24H,11-16H2,1-2H3/t21?,22-/m0/s1. The molecule has 30 heavy (non-hydrogen) atoms. The molecular formula is C23H29N3O3S. The van der Waals surface area contributed by atoms with Gasteiger partial charge in [-0.1, -0.05) is 36.4 Å². The van der Waals surface area contributed by atoms with Crippen molar-refractivity contribution in [2.75, 3.05) is 46.0 Å². The van der Waals surface area contributed by atoms with E-state index >= 15 is 0 Å². The van der Waals surface area contributed by atoms with Gasteiger partial charge in [0.1, 0.15) is 0 Å². The van der Waals surface area contributed by atoms with Crippen molar-refractivity contribution in [3.05, 3.63) is 54.1 Å². The summed E-state index contributed by atoms with van der Waals surface area (Å²) in [7, 11) is -1.09. The largest absolute Gasteiger partial charge is 0.339 e. The smallest absolute Gasteiger partial charge is 0.236 e. The van der Waals surface area contributed by atoms with Gasteiger partial charge in [0.15, 0.2) is 9.84 Å².